The van der Waals surface area contributed by atoms with E-state index in [1.165, 1.54) is 102 Å². The fourth-order valence-electron chi connectivity index (χ4n) is 10.1. The quantitative estimate of drug-likeness (QED) is 0.162. The van der Waals surface area contributed by atoms with E-state index in [1.807, 2.05) is 11.3 Å². The average molecular weight is 779 g/mol. The number of fused-ring (bicyclic) bond motifs is 10. The van der Waals surface area contributed by atoms with E-state index in [0.29, 0.717) is 0 Å². The minimum Gasteiger partial charge on any atom is -0.456 e. The summed E-state index contributed by atoms with van der Waals surface area (Å²) in [6.45, 7) is 0. The second-order valence-corrected chi connectivity index (χ2v) is 16.9. The number of rotatable bonds is 4. The zero-order chi connectivity index (χ0) is 39.3. The molecule has 0 bridgehead atoms. The summed E-state index contributed by atoms with van der Waals surface area (Å²) in [5, 5.41) is 14.8. The van der Waals surface area contributed by atoms with Gasteiger partial charge in [-0.1, -0.05) is 176 Å². The van der Waals surface area contributed by atoms with E-state index < -0.39 is 0 Å². The largest absolute Gasteiger partial charge is 0.456 e. The van der Waals surface area contributed by atoms with Crippen molar-refractivity contribution in [1.82, 2.24) is 0 Å². The van der Waals surface area contributed by atoms with Crippen LogP contribution < -0.4 is 0 Å². The Kier molecular flexibility index (Phi) is 7.24. The molecule has 13 aromatic rings. The van der Waals surface area contributed by atoms with E-state index in [0.717, 1.165) is 27.5 Å². The highest BCUT2D eigenvalue weighted by Gasteiger charge is 2.21. The maximum Gasteiger partial charge on any atom is 0.136 e. The number of thiophene rings is 1. The highest BCUT2D eigenvalue weighted by Crippen LogP contribution is 2.49. The van der Waals surface area contributed by atoms with Crippen molar-refractivity contribution in [1.29, 1.82) is 0 Å². The molecule has 0 aliphatic heterocycles. The molecule has 13 rings (SSSR count). The Morgan fingerprint density at radius 3 is 1.33 bits per heavy atom. The summed E-state index contributed by atoms with van der Waals surface area (Å²) >= 11 is 1.89. The maximum atomic E-state index is 6.75. The monoisotopic (exact) mass is 778 g/mol. The van der Waals surface area contributed by atoms with Crippen molar-refractivity contribution in [2.45, 2.75) is 0 Å². The molecule has 0 radical (unpaired) electrons. The minimum atomic E-state index is 0.890. The average Bonchev–Trinajstić information content (AvgIpc) is 3.88. The van der Waals surface area contributed by atoms with E-state index in [4.69, 9.17) is 4.42 Å². The van der Waals surface area contributed by atoms with Gasteiger partial charge in [-0.05, 0) is 112 Å². The fraction of sp³-hybridized carbons (Fsp3) is 0. The molecule has 0 spiro atoms. The summed E-state index contributed by atoms with van der Waals surface area (Å²) in [7, 11) is 0. The third-order valence-corrected chi connectivity index (χ3v) is 13.9. The van der Waals surface area contributed by atoms with Gasteiger partial charge >= 0.3 is 0 Å². The van der Waals surface area contributed by atoms with E-state index in [9.17, 15) is 0 Å². The lowest BCUT2D eigenvalue weighted by Crippen LogP contribution is -1.91. The first-order chi connectivity index (χ1) is 29.8. The summed E-state index contributed by atoms with van der Waals surface area (Å²) in [5.41, 5.74) is 11.7. The standard InChI is InChI=1S/C58H34OS/c1-2-15-35(16-3-1)54-40-18-4-6-20-42(40)55(43-21-7-5-19-41(43)54)36-30-32-51-50(33-36)38-31-29-37(34-52(38)59-51)56-44-22-8-10-24-46(44)57(47-25-11-9-23-45(47)56)49-27-14-26-48-39-17-12-13-28-53(39)60-58(48)49/h1-34H. The van der Waals surface area contributed by atoms with Crippen LogP contribution in [0.5, 0.6) is 0 Å². The van der Waals surface area contributed by atoms with Gasteiger partial charge in [0, 0.05) is 36.5 Å². The van der Waals surface area contributed by atoms with E-state index in [1.54, 1.807) is 0 Å². The fourth-order valence-corrected chi connectivity index (χ4v) is 11.3. The number of hydrogen-bond acceptors (Lipinski definition) is 2. The van der Waals surface area contributed by atoms with Crippen molar-refractivity contribution in [3.63, 3.8) is 0 Å². The van der Waals surface area contributed by atoms with Crippen LogP contribution >= 0.6 is 11.3 Å². The molecule has 0 amide bonds. The molecule has 0 aliphatic rings. The molecule has 0 unspecified atom stereocenters. The molecule has 0 saturated heterocycles. The molecule has 0 atom stereocenters. The summed E-state index contributed by atoms with van der Waals surface area (Å²) in [6, 6.07) is 75.5. The molecule has 2 aromatic heterocycles. The molecular weight excluding hydrogens is 745 g/mol. The first-order valence-electron chi connectivity index (χ1n) is 20.6. The zero-order valence-corrected chi connectivity index (χ0v) is 33.3. The Balaban J connectivity index is 1.01. The lowest BCUT2D eigenvalue weighted by Gasteiger charge is -2.18. The lowest BCUT2D eigenvalue weighted by atomic mass is 9.85. The first kappa shape index (κ1) is 33.5. The lowest BCUT2D eigenvalue weighted by molar-refractivity contribution is 0.669. The van der Waals surface area contributed by atoms with Crippen molar-refractivity contribution >= 4 is 96.5 Å². The molecule has 0 aliphatic carbocycles. The third kappa shape index (κ3) is 4.86. The predicted molar refractivity (Wildman–Crippen MR) is 258 cm³/mol. The Hall–Kier alpha value is -7.52. The van der Waals surface area contributed by atoms with Crippen LogP contribution in [0.1, 0.15) is 0 Å². The molecule has 2 heterocycles. The van der Waals surface area contributed by atoms with Crippen LogP contribution in [0.4, 0.5) is 0 Å². The first-order valence-corrected chi connectivity index (χ1v) is 21.4. The van der Waals surface area contributed by atoms with Crippen LogP contribution in [0, 0.1) is 0 Å². The van der Waals surface area contributed by atoms with Crippen molar-refractivity contribution in [2.75, 3.05) is 0 Å². The third-order valence-electron chi connectivity index (χ3n) is 12.6. The van der Waals surface area contributed by atoms with Crippen LogP contribution in [0.25, 0.3) is 130 Å². The van der Waals surface area contributed by atoms with E-state index in [2.05, 4.69) is 206 Å². The molecule has 278 valence electrons. The van der Waals surface area contributed by atoms with Gasteiger partial charge in [-0.15, -0.1) is 11.3 Å². The van der Waals surface area contributed by atoms with Crippen LogP contribution in [0.15, 0.2) is 211 Å². The summed E-state index contributed by atoms with van der Waals surface area (Å²) in [5.74, 6) is 0. The van der Waals surface area contributed by atoms with Crippen molar-refractivity contribution in [3.05, 3.63) is 206 Å². The number of hydrogen-bond donors (Lipinski definition) is 0. The minimum absolute atomic E-state index is 0.890. The van der Waals surface area contributed by atoms with Gasteiger partial charge < -0.3 is 4.42 Å². The molecular formula is C58H34OS. The summed E-state index contributed by atoms with van der Waals surface area (Å²) in [6.07, 6.45) is 0. The highest BCUT2D eigenvalue weighted by atomic mass is 32.1. The Bertz CT molecular complexity index is 3770. The normalized spacial score (nSPS) is 12.0. The molecule has 0 N–H and O–H groups in total. The molecule has 2 heteroatoms. The number of benzene rings is 11. The van der Waals surface area contributed by atoms with Gasteiger partial charge in [0.05, 0.1) is 0 Å². The predicted octanol–water partition coefficient (Wildman–Crippen LogP) is 17.2. The smallest absolute Gasteiger partial charge is 0.136 e. The Labute approximate surface area is 350 Å². The van der Waals surface area contributed by atoms with Gasteiger partial charge in [-0.2, -0.15) is 0 Å². The van der Waals surface area contributed by atoms with Gasteiger partial charge in [0.25, 0.3) is 0 Å². The zero-order valence-electron chi connectivity index (χ0n) is 32.4. The van der Waals surface area contributed by atoms with Crippen molar-refractivity contribution in [2.24, 2.45) is 0 Å². The van der Waals surface area contributed by atoms with E-state index >= 15 is 0 Å². The van der Waals surface area contributed by atoms with Crippen LogP contribution in [0.2, 0.25) is 0 Å². The van der Waals surface area contributed by atoms with Crippen molar-refractivity contribution in [3.8, 4) is 44.5 Å². The molecule has 1 nitrogen and oxygen atoms in total. The second-order valence-electron chi connectivity index (χ2n) is 15.9. The second kappa shape index (κ2) is 13.0. The topological polar surface area (TPSA) is 13.1 Å². The van der Waals surface area contributed by atoms with Crippen LogP contribution in [-0.4, -0.2) is 0 Å². The Morgan fingerprint density at radius 1 is 0.267 bits per heavy atom. The molecule has 0 saturated carbocycles. The SMILES string of the molecule is c1ccc(-c2c3ccccc3c(-c3ccc4oc5cc(-c6c7ccccc7c(-c7cccc8c7sc7ccccc78)c7ccccc67)ccc5c4c3)c3ccccc23)cc1. The Morgan fingerprint density at radius 2 is 0.733 bits per heavy atom. The van der Waals surface area contributed by atoms with Crippen LogP contribution in [-0.2, 0) is 0 Å². The van der Waals surface area contributed by atoms with Gasteiger partial charge in [0.2, 0.25) is 0 Å². The number of furan rings is 1. The van der Waals surface area contributed by atoms with Crippen molar-refractivity contribution < 1.29 is 4.42 Å². The van der Waals surface area contributed by atoms with Gasteiger partial charge in [-0.25, -0.2) is 0 Å². The summed E-state index contributed by atoms with van der Waals surface area (Å²) < 4.78 is 9.40. The van der Waals surface area contributed by atoms with Gasteiger partial charge in [0.15, 0.2) is 0 Å². The molecule has 60 heavy (non-hydrogen) atoms. The molecule has 11 aromatic carbocycles. The summed E-state index contributed by atoms with van der Waals surface area (Å²) in [4.78, 5) is 0. The van der Waals surface area contributed by atoms with Crippen LogP contribution in [0.3, 0.4) is 0 Å². The maximum absolute atomic E-state index is 6.75. The highest BCUT2D eigenvalue weighted by molar-refractivity contribution is 7.26. The van der Waals surface area contributed by atoms with E-state index in [-0.39, 0.29) is 0 Å². The van der Waals surface area contributed by atoms with Gasteiger partial charge in [-0.3, -0.25) is 0 Å². The molecule has 0 fully saturated rings. The van der Waals surface area contributed by atoms with Gasteiger partial charge in [0.1, 0.15) is 11.2 Å².